The Morgan fingerprint density at radius 2 is 2.04 bits per heavy atom. The van der Waals surface area contributed by atoms with Crippen LogP contribution in [0.3, 0.4) is 0 Å². The van der Waals surface area contributed by atoms with Crippen LogP contribution in [0.25, 0.3) is 0 Å². The largest absolute Gasteiger partial charge is 0.488 e. The van der Waals surface area contributed by atoms with Crippen molar-refractivity contribution in [3.05, 3.63) is 22.7 Å². The van der Waals surface area contributed by atoms with Gasteiger partial charge in [0.25, 0.3) is 0 Å². The molecule has 3 rings (SSSR count). The Hall–Kier alpha value is -1.08. The minimum Gasteiger partial charge on any atom is -0.488 e. The molecule has 0 radical (unpaired) electrons. The van der Waals surface area contributed by atoms with Gasteiger partial charge in [0.1, 0.15) is 17.6 Å². The Kier molecular flexibility index (Phi) is 5.68. The maximum atomic E-state index is 12.5. The molecule has 1 atom stereocenters. The topological polar surface area (TPSA) is 54.0 Å². The fourth-order valence-electron chi connectivity index (χ4n) is 2.98. The predicted octanol–water partition coefficient (Wildman–Crippen LogP) is 4.40. The van der Waals surface area contributed by atoms with Crippen LogP contribution in [0.2, 0.25) is 30.7 Å². The molecule has 26 heavy (non-hydrogen) atoms. The first-order valence-corrected chi connectivity index (χ1v) is 13.1. The van der Waals surface area contributed by atoms with E-state index in [-0.39, 0.29) is 24.1 Å². The highest BCUT2D eigenvalue weighted by Crippen LogP contribution is 2.42. The highest BCUT2D eigenvalue weighted by atomic mass is 35.5. The van der Waals surface area contributed by atoms with Crippen molar-refractivity contribution >= 4 is 25.5 Å². The molecule has 7 heteroatoms. The summed E-state index contributed by atoms with van der Waals surface area (Å²) in [6.45, 7) is 11.0. The van der Waals surface area contributed by atoms with Crippen LogP contribution < -0.4 is 9.47 Å². The van der Waals surface area contributed by atoms with E-state index in [9.17, 15) is 4.79 Å². The fourth-order valence-corrected chi connectivity index (χ4v) is 3.95. The van der Waals surface area contributed by atoms with Gasteiger partial charge in [0.05, 0.1) is 29.2 Å². The van der Waals surface area contributed by atoms with Crippen molar-refractivity contribution in [1.29, 1.82) is 0 Å². The minimum atomic E-state index is -1.12. The third kappa shape index (κ3) is 4.42. The summed E-state index contributed by atoms with van der Waals surface area (Å²) in [5.74, 6) is 1.05. The van der Waals surface area contributed by atoms with Crippen LogP contribution in [-0.4, -0.2) is 46.6 Å². The molecule has 1 saturated heterocycles. The van der Waals surface area contributed by atoms with Gasteiger partial charge in [0.15, 0.2) is 12.6 Å². The molecule has 1 unspecified atom stereocenters. The lowest BCUT2D eigenvalue weighted by atomic mass is 9.78. The molecule has 0 aliphatic carbocycles. The fraction of sp³-hybridized carbons (Fsp3) is 0.632. The highest BCUT2D eigenvalue weighted by molar-refractivity contribution is 6.76. The number of ether oxygens (including phenoxy) is 4. The lowest BCUT2D eigenvalue weighted by Gasteiger charge is -2.45. The highest BCUT2D eigenvalue weighted by Gasteiger charge is 2.46. The summed E-state index contributed by atoms with van der Waals surface area (Å²) in [7, 11) is -1.12. The zero-order chi connectivity index (χ0) is 18.9. The van der Waals surface area contributed by atoms with Crippen molar-refractivity contribution in [3.8, 4) is 11.5 Å². The average Bonchev–Trinajstić information content (AvgIpc) is 2.52. The normalized spacial score (nSPS) is 21.6. The molecule has 0 N–H and O–H groups in total. The van der Waals surface area contributed by atoms with Gasteiger partial charge in [0, 0.05) is 27.2 Å². The van der Waals surface area contributed by atoms with E-state index < -0.39 is 8.07 Å². The summed E-state index contributed by atoms with van der Waals surface area (Å²) >= 11 is 6.28. The van der Waals surface area contributed by atoms with E-state index in [0.29, 0.717) is 48.3 Å². The average molecular weight is 399 g/mol. The van der Waals surface area contributed by atoms with Crippen molar-refractivity contribution in [2.75, 3.05) is 26.6 Å². The van der Waals surface area contributed by atoms with Gasteiger partial charge in [-0.3, -0.25) is 4.79 Å². The smallest absolute Gasteiger partial charge is 0.189 e. The number of benzene rings is 1. The zero-order valence-corrected chi connectivity index (χ0v) is 17.6. The van der Waals surface area contributed by atoms with E-state index in [0.717, 1.165) is 6.04 Å². The number of Topliss-reactive ketones (excluding diaryl/α,β-unsaturated/α-hetero) is 1. The molecule has 1 aromatic carbocycles. The predicted molar refractivity (Wildman–Crippen MR) is 103 cm³/mol. The van der Waals surface area contributed by atoms with Gasteiger partial charge in [-0.25, -0.2) is 0 Å². The number of fused-ring (bicyclic) bond motifs is 1. The summed E-state index contributed by atoms with van der Waals surface area (Å²) in [6.07, 6.45) is 0.168. The van der Waals surface area contributed by atoms with Gasteiger partial charge in [-0.1, -0.05) is 38.2 Å². The molecule has 144 valence electrons. The molecule has 1 fully saturated rings. The van der Waals surface area contributed by atoms with Gasteiger partial charge < -0.3 is 18.9 Å². The molecule has 0 spiro atoms. The minimum absolute atomic E-state index is 0.0456. The van der Waals surface area contributed by atoms with Crippen LogP contribution in [-0.2, 0) is 9.47 Å². The van der Waals surface area contributed by atoms with E-state index in [2.05, 4.69) is 26.6 Å². The van der Waals surface area contributed by atoms with E-state index in [4.69, 9.17) is 30.5 Å². The first-order valence-electron chi connectivity index (χ1n) is 9.00. The summed E-state index contributed by atoms with van der Waals surface area (Å²) in [6, 6.07) is 4.41. The monoisotopic (exact) mass is 398 g/mol. The summed E-state index contributed by atoms with van der Waals surface area (Å²) in [4.78, 5) is 12.5. The van der Waals surface area contributed by atoms with E-state index >= 15 is 0 Å². The molecule has 0 aromatic heterocycles. The summed E-state index contributed by atoms with van der Waals surface area (Å²) < 4.78 is 22.6. The molecule has 2 aliphatic heterocycles. The molecule has 1 aromatic rings. The first kappa shape index (κ1) is 19.7. The Labute approximate surface area is 160 Å². The van der Waals surface area contributed by atoms with Gasteiger partial charge in [-0.2, -0.15) is 0 Å². The Morgan fingerprint density at radius 1 is 1.31 bits per heavy atom. The summed E-state index contributed by atoms with van der Waals surface area (Å²) in [5, 5.41) is 0.395. The number of ketones is 1. The number of hydrogen-bond donors (Lipinski definition) is 0. The quantitative estimate of drug-likeness (QED) is 0.387. The standard InChI is InChI=1S/C19H27ClO5Si/c1-19(10-23-11-19)18-8-15(21)13-7-14(20)17(9-16(13)25-18)24-12-22-5-6-26(2,3)4/h7,9,18H,5-6,8,10-12H2,1-4H3. The van der Waals surface area contributed by atoms with Crippen molar-refractivity contribution in [1.82, 2.24) is 0 Å². The van der Waals surface area contributed by atoms with Crippen LogP contribution in [0.4, 0.5) is 0 Å². The lowest BCUT2D eigenvalue weighted by Crippen LogP contribution is -2.53. The maximum Gasteiger partial charge on any atom is 0.189 e. The van der Waals surface area contributed by atoms with E-state index in [1.165, 1.54) is 0 Å². The second-order valence-electron chi connectivity index (χ2n) is 8.64. The van der Waals surface area contributed by atoms with Crippen LogP contribution in [0, 0.1) is 5.41 Å². The first-order chi connectivity index (χ1) is 12.2. The molecular weight excluding hydrogens is 372 g/mol. The molecule has 2 heterocycles. The van der Waals surface area contributed by atoms with Crippen molar-refractivity contribution in [3.63, 3.8) is 0 Å². The van der Waals surface area contributed by atoms with Crippen LogP contribution >= 0.6 is 11.6 Å². The van der Waals surface area contributed by atoms with Crippen molar-refractivity contribution < 1.29 is 23.7 Å². The Morgan fingerprint density at radius 3 is 2.65 bits per heavy atom. The van der Waals surface area contributed by atoms with E-state index in [1.54, 1.807) is 12.1 Å². The Balaban J connectivity index is 1.64. The van der Waals surface area contributed by atoms with Gasteiger partial charge in [0.2, 0.25) is 0 Å². The van der Waals surface area contributed by atoms with Crippen LogP contribution in [0.15, 0.2) is 12.1 Å². The van der Waals surface area contributed by atoms with Crippen molar-refractivity contribution in [2.45, 2.75) is 45.1 Å². The molecular formula is C19H27ClO5Si. The second-order valence-corrected chi connectivity index (χ2v) is 14.7. The third-order valence-electron chi connectivity index (χ3n) is 4.91. The van der Waals surface area contributed by atoms with E-state index in [1.807, 2.05) is 0 Å². The SMILES string of the molecule is CC1(C2CC(=O)c3cc(Cl)c(OCOCC[Si](C)(C)C)cc3O2)COC1. The number of halogens is 1. The Bertz CT molecular complexity index is 681. The van der Waals surface area contributed by atoms with Crippen molar-refractivity contribution in [2.24, 2.45) is 5.41 Å². The molecule has 2 aliphatic rings. The van der Waals surface area contributed by atoms with Gasteiger partial charge in [-0.15, -0.1) is 0 Å². The summed E-state index contributed by atoms with van der Waals surface area (Å²) in [5.41, 5.74) is 0.399. The molecule has 0 saturated carbocycles. The molecule has 0 bridgehead atoms. The molecule has 5 nitrogen and oxygen atoms in total. The molecule has 0 amide bonds. The third-order valence-corrected chi connectivity index (χ3v) is 6.91. The number of hydrogen-bond acceptors (Lipinski definition) is 5. The van der Waals surface area contributed by atoms with Gasteiger partial charge in [-0.05, 0) is 12.1 Å². The number of rotatable bonds is 7. The van der Waals surface area contributed by atoms with Crippen LogP contribution in [0.1, 0.15) is 23.7 Å². The van der Waals surface area contributed by atoms with Gasteiger partial charge >= 0.3 is 0 Å². The second kappa shape index (κ2) is 7.50. The number of carbonyl (C=O) groups is 1. The lowest BCUT2D eigenvalue weighted by molar-refractivity contribution is -0.153. The van der Waals surface area contributed by atoms with Crippen LogP contribution in [0.5, 0.6) is 11.5 Å². The number of carbonyl (C=O) groups excluding carboxylic acids is 1. The zero-order valence-electron chi connectivity index (χ0n) is 15.9. The maximum absolute atomic E-state index is 12.5.